The van der Waals surface area contributed by atoms with Gasteiger partial charge in [0.1, 0.15) is 5.82 Å². The van der Waals surface area contributed by atoms with Crippen molar-refractivity contribution in [2.75, 3.05) is 25.0 Å². The highest BCUT2D eigenvalue weighted by atomic mass is 19.1. The van der Waals surface area contributed by atoms with E-state index in [1.54, 1.807) is 17.0 Å². The molecule has 2 rings (SSSR count). The van der Waals surface area contributed by atoms with Crippen molar-refractivity contribution in [1.29, 1.82) is 0 Å². The van der Waals surface area contributed by atoms with Crippen molar-refractivity contribution in [1.82, 2.24) is 10.2 Å². The van der Waals surface area contributed by atoms with E-state index in [4.69, 9.17) is 0 Å². The number of carbonyl (C=O) groups excluding carboxylic acids is 2. The highest BCUT2D eigenvalue weighted by Gasteiger charge is 2.22. The first-order chi connectivity index (χ1) is 11.0. The molecule has 0 aliphatic carbocycles. The third-order valence-electron chi connectivity index (χ3n) is 4.06. The smallest absolute Gasteiger partial charge is 0.224 e. The predicted octanol–water partition coefficient (Wildman–Crippen LogP) is 2.06. The lowest BCUT2D eigenvalue weighted by atomic mass is 10.1. The molecular formula is C17H24FN3O2. The number of benzene rings is 1. The van der Waals surface area contributed by atoms with Gasteiger partial charge in [0.15, 0.2) is 0 Å². The summed E-state index contributed by atoms with van der Waals surface area (Å²) in [5.41, 5.74) is 1.03. The Morgan fingerprint density at radius 2 is 2.17 bits per heavy atom. The molecule has 1 aliphatic heterocycles. The van der Waals surface area contributed by atoms with Crippen LogP contribution in [0.1, 0.15) is 31.7 Å². The Morgan fingerprint density at radius 3 is 2.91 bits per heavy atom. The monoisotopic (exact) mass is 321 g/mol. The van der Waals surface area contributed by atoms with E-state index in [1.165, 1.54) is 6.07 Å². The van der Waals surface area contributed by atoms with Crippen LogP contribution < -0.4 is 10.6 Å². The molecular weight excluding hydrogens is 297 g/mol. The van der Waals surface area contributed by atoms with Crippen molar-refractivity contribution < 1.29 is 14.0 Å². The molecule has 1 aromatic carbocycles. The van der Waals surface area contributed by atoms with Crippen molar-refractivity contribution >= 4 is 17.5 Å². The summed E-state index contributed by atoms with van der Waals surface area (Å²) in [5, 5.41) is 5.88. The molecule has 1 aromatic rings. The van der Waals surface area contributed by atoms with Crippen LogP contribution in [-0.2, 0) is 9.59 Å². The summed E-state index contributed by atoms with van der Waals surface area (Å²) in [6.07, 6.45) is 1.18. The fourth-order valence-corrected chi connectivity index (χ4v) is 2.65. The number of rotatable bonds is 5. The average molecular weight is 321 g/mol. The van der Waals surface area contributed by atoms with Gasteiger partial charge in [0.2, 0.25) is 11.8 Å². The van der Waals surface area contributed by atoms with Gasteiger partial charge in [-0.15, -0.1) is 0 Å². The molecule has 0 bridgehead atoms. The summed E-state index contributed by atoms with van der Waals surface area (Å²) in [7, 11) is 0. The van der Waals surface area contributed by atoms with E-state index in [0.29, 0.717) is 19.1 Å². The molecule has 0 saturated carbocycles. The molecule has 2 amide bonds. The molecule has 0 spiro atoms. The van der Waals surface area contributed by atoms with Gasteiger partial charge in [-0.3, -0.25) is 9.59 Å². The molecule has 1 fully saturated rings. The summed E-state index contributed by atoms with van der Waals surface area (Å²) < 4.78 is 13.6. The first kappa shape index (κ1) is 17.4. The topological polar surface area (TPSA) is 61.4 Å². The van der Waals surface area contributed by atoms with E-state index >= 15 is 0 Å². The summed E-state index contributed by atoms with van der Waals surface area (Å²) in [6.45, 7) is 6.04. The van der Waals surface area contributed by atoms with Crippen LogP contribution >= 0.6 is 0 Å². The van der Waals surface area contributed by atoms with E-state index in [0.717, 1.165) is 18.5 Å². The van der Waals surface area contributed by atoms with E-state index in [1.807, 2.05) is 6.92 Å². The van der Waals surface area contributed by atoms with Crippen LogP contribution in [0, 0.1) is 12.7 Å². The van der Waals surface area contributed by atoms with Crippen LogP contribution in [0.3, 0.4) is 0 Å². The third kappa shape index (κ3) is 5.03. The summed E-state index contributed by atoms with van der Waals surface area (Å²) in [6, 6.07) is 4.87. The van der Waals surface area contributed by atoms with E-state index in [-0.39, 0.29) is 30.3 Å². The lowest BCUT2D eigenvalue weighted by Crippen LogP contribution is -2.52. The van der Waals surface area contributed by atoms with Gasteiger partial charge >= 0.3 is 0 Å². The molecule has 23 heavy (non-hydrogen) atoms. The highest BCUT2D eigenvalue weighted by Crippen LogP contribution is 2.16. The lowest BCUT2D eigenvalue weighted by molar-refractivity contribution is -0.134. The van der Waals surface area contributed by atoms with Crippen LogP contribution in [0.4, 0.5) is 10.1 Å². The van der Waals surface area contributed by atoms with Crippen LogP contribution in [0.2, 0.25) is 0 Å². The number of nitrogens with zero attached hydrogens (tertiary/aromatic N) is 1. The Morgan fingerprint density at radius 1 is 1.39 bits per heavy atom. The molecule has 5 nitrogen and oxygen atoms in total. The van der Waals surface area contributed by atoms with Crippen LogP contribution in [0.15, 0.2) is 18.2 Å². The minimum absolute atomic E-state index is 0.0233. The fraction of sp³-hybridized carbons (Fsp3) is 0.529. The van der Waals surface area contributed by atoms with Crippen molar-refractivity contribution in [3.8, 4) is 0 Å². The third-order valence-corrected chi connectivity index (χ3v) is 4.06. The summed E-state index contributed by atoms with van der Waals surface area (Å²) in [5.74, 6) is -0.835. The first-order valence-corrected chi connectivity index (χ1v) is 8.06. The van der Waals surface area contributed by atoms with E-state index < -0.39 is 5.82 Å². The van der Waals surface area contributed by atoms with Crippen molar-refractivity contribution in [3.63, 3.8) is 0 Å². The van der Waals surface area contributed by atoms with Crippen molar-refractivity contribution in [3.05, 3.63) is 29.6 Å². The van der Waals surface area contributed by atoms with Crippen LogP contribution in [0.5, 0.6) is 0 Å². The highest BCUT2D eigenvalue weighted by molar-refractivity contribution is 5.93. The second-order valence-corrected chi connectivity index (χ2v) is 5.93. The Kier molecular flexibility index (Phi) is 6.10. The largest absolute Gasteiger partial charge is 0.340 e. The minimum atomic E-state index is -0.469. The van der Waals surface area contributed by atoms with Gasteiger partial charge in [-0.05, 0) is 31.0 Å². The predicted molar refractivity (Wildman–Crippen MR) is 87.7 cm³/mol. The van der Waals surface area contributed by atoms with Gasteiger partial charge in [-0.2, -0.15) is 0 Å². The quantitative estimate of drug-likeness (QED) is 0.873. The molecule has 6 heteroatoms. The Labute approximate surface area is 136 Å². The van der Waals surface area contributed by atoms with E-state index in [9.17, 15) is 14.0 Å². The van der Waals surface area contributed by atoms with Gasteiger partial charge in [0.25, 0.3) is 0 Å². The standard InChI is InChI=1S/C17H24FN3O2/c1-3-13-11-21(9-8-19-13)17(23)7-6-16(22)20-15-10-12(2)4-5-14(15)18/h4-5,10,13,19H,3,6-9,11H2,1-2H3,(H,20,22). The molecule has 1 saturated heterocycles. The second kappa shape index (κ2) is 8.06. The average Bonchev–Trinajstić information content (AvgIpc) is 2.56. The van der Waals surface area contributed by atoms with Crippen LogP contribution in [-0.4, -0.2) is 42.4 Å². The number of piperazine rings is 1. The maximum Gasteiger partial charge on any atom is 0.224 e. The molecule has 1 aliphatic rings. The number of carbonyl (C=O) groups is 2. The summed E-state index contributed by atoms with van der Waals surface area (Å²) in [4.78, 5) is 25.9. The van der Waals surface area contributed by atoms with Gasteiger partial charge in [-0.25, -0.2) is 4.39 Å². The molecule has 126 valence electrons. The zero-order valence-electron chi connectivity index (χ0n) is 13.7. The molecule has 2 N–H and O–H groups in total. The normalized spacial score (nSPS) is 17.9. The SMILES string of the molecule is CCC1CN(C(=O)CCC(=O)Nc2cc(C)ccc2F)CCN1. The van der Waals surface area contributed by atoms with Crippen LogP contribution in [0.25, 0.3) is 0 Å². The first-order valence-electron chi connectivity index (χ1n) is 8.06. The van der Waals surface area contributed by atoms with E-state index in [2.05, 4.69) is 17.6 Å². The number of anilines is 1. The number of nitrogens with one attached hydrogen (secondary N) is 2. The minimum Gasteiger partial charge on any atom is -0.340 e. The maximum atomic E-state index is 13.6. The van der Waals surface area contributed by atoms with Gasteiger partial charge in [-0.1, -0.05) is 13.0 Å². The zero-order chi connectivity index (χ0) is 16.8. The number of hydrogen-bond acceptors (Lipinski definition) is 3. The number of hydrogen-bond donors (Lipinski definition) is 2. The number of halogens is 1. The van der Waals surface area contributed by atoms with Gasteiger partial charge < -0.3 is 15.5 Å². The molecule has 1 heterocycles. The molecule has 0 radical (unpaired) electrons. The lowest BCUT2D eigenvalue weighted by Gasteiger charge is -2.33. The fourth-order valence-electron chi connectivity index (χ4n) is 2.65. The van der Waals surface area contributed by atoms with Crippen molar-refractivity contribution in [2.24, 2.45) is 0 Å². The van der Waals surface area contributed by atoms with Gasteiger partial charge in [0.05, 0.1) is 5.69 Å². The second-order valence-electron chi connectivity index (χ2n) is 5.93. The molecule has 1 unspecified atom stereocenters. The Bertz CT molecular complexity index is 577. The maximum absolute atomic E-state index is 13.6. The van der Waals surface area contributed by atoms with Gasteiger partial charge in [0, 0.05) is 38.5 Å². The van der Waals surface area contributed by atoms with Crippen molar-refractivity contribution in [2.45, 2.75) is 39.2 Å². The number of aryl methyl sites for hydroxylation is 1. The Balaban J connectivity index is 1.82. The molecule has 0 aromatic heterocycles. The zero-order valence-corrected chi connectivity index (χ0v) is 13.7. The summed E-state index contributed by atoms with van der Waals surface area (Å²) >= 11 is 0. The molecule has 1 atom stereocenters. The Hall–Kier alpha value is -1.95. The number of amides is 2.